The van der Waals surface area contributed by atoms with E-state index in [4.69, 9.17) is 5.73 Å². The van der Waals surface area contributed by atoms with E-state index in [0.29, 0.717) is 5.78 Å². The Morgan fingerprint density at radius 2 is 2.08 bits per heavy atom. The summed E-state index contributed by atoms with van der Waals surface area (Å²) in [5.74, 6) is 0.416. The van der Waals surface area contributed by atoms with Gasteiger partial charge in [-0.25, -0.2) is 0 Å². The number of nitrogen functional groups attached to an aromatic ring is 1. The standard InChI is InChI=1S/C11H13NO/c12-10-6-2-1-4-8(10)9-5-3-7-11(9)13/h1-2,4,6,9H,3,5,7,12H2. The van der Waals surface area contributed by atoms with Crippen LogP contribution in [-0.4, -0.2) is 5.78 Å². The van der Waals surface area contributed by atoms with Gasteiger partial charge in [-0.15, -0.1) is 0 Å². The Bertz CT molecular complexity index is 333. The molecule has 0 aromatic heterocycles. The van der Waals surface area contributed by atoms with Gasteiger partial charge >= 0.3 is 0 Å². The van der Waals surface area contributed by atoms with E-state index in [9.17, 15) is 4.79 Å². The van der Waals surface area contributed by atoms with Gasteiger partial charge in [0.2, 0.25) is 0 Å². The monoisotopic (exact) mass is 175 g/mol. The number of benzene rings is 1. The molecular formula is C11H13NO. The Morgan fingerprint density at radius 3 is 2.69 bits per heavy atom. The number of carbonyl (C=O) groups excluding carboxylic acids is 1. The number of hydrogen-bond donors (Lipinski definition) is 1. The van der Waals surface area contributed by atoms with Crippen LogP contribution in [0, 0.1) is 0 Å². The SMILES string of the molecule is Nc1ccccc1C1CCCC1=O. The zero-order valence-electron chi connectivity index (χ0n) is 7.49. The van der Waals surface area contributed by atoms with Crippen LogP contribution >= 0.6 is 0 Å². The minimum Gasteiger partial charge on any atom is -0.398 e. The fourth-order valence-electron chi connectivity index (χ4n) is 1.97. The molecule has 1 saturated carbocycles. The molecule has 0 aliphatic heterocycles. The highest BCUT2D eigenvalue weighted by Crippen LogP contribution is 2.33. The summed E-state index contributed by atoms with van der Waals surface area (Å²) in [6, 6.07) is 7.67. The van der Waals surface area contributed by atoms with Gasteiger partial charge in [-0.1, -0.05) is 18.2 Å². The third-order valence-electron chi connectivity index (χ3n) is 2.68. The van der Waals surface area contributed by atoms with Crippen molar-refractivity contribution in [3.8, 4) is 0 Å². The maximum atomic E-state index is 11.5. The third kappa shape index (κ3) is 1.44. The van der Waals surface area contributed by atoms with E-state index in [2.05, 4.69) is 0 Å². The minimum atomic E-state index is 0.0706. The molecule has 1 aliphatic carbocycles. The lowest BCUT2D eigenvalue weighted by molar-refractivity contribution is -0.118. The second kappa shape index (κ2) is 3.21. The number of ketones is 1. The lowest BCUT2D eigenvalue weighted by Gasteiger charge is -2.10. The molecular weight excluding hydrogens is 162 g/mol. The highest BCUT2D eigenvalue weighted by molar-refractivity contribution is 5.88. The van der Waals surface area contributed by atoms with Crippen LogP contribution in [0.25, 0.3) is 0 Å². The molecule has 1 aliphatic rings. The summed E-state index contributed by atoms with van der Waals surface area (Å²) in [5.41, 5.74) is 7.58. The first-order chi connectivity index (χ1) is 6.29. The Labute approximate surface area is 77.8 Å². The smallest absolute Gasteiger partial charge is 0.140 e. The van der Waals surface area contributed by atoms with Crippen molar-refractivity contribution >= 4 is 11.5 Å². The topological polar surface area (TPSA) is 43.1 Å². The van der Waals surface area contributed by atoms with E-state index < -0.39 is 0 Å². The lowest BCUT2D eigenvalue weighted by atomic mass is 9.95. The number of hydrogen-bond acceptors (Lipinski definition) is 2. The Kier molecular flexibility index (Phi) is 2.05. The molecule has 1 unspecified atom stereocenters. The van der Waals surface area contributed by atoms with Gasteiger partial charge in [0.1, 0.15) is 5.78 Å². The van der Waals surface area contributed by atoms with Gasteiger partial charge in [-0.2, -0.15) is 0 Å². The average molecular weight is 175 g/mol. The quantitative estimate of drug-likeness (QED) is 0.664. The van der Waals surface area contributed by atoms with Crippen molar-refractivity contribution in [2.75, 3.05) is 5.73 Å². The van der Waals surface area contributed by atoms with Gasteiger partial charge in [0.15, 0.2) is 0 Å². The summed E-state index contributed by atoms with van der Waals surface area (Å²) >= 11 is 0. The molecule has 1 fully saturated rings. The Hall–Kier alpha value is -1.31. The predicted molar refractivity (Wildman–Crippen MR) is 52.5 cm³/mol. The maximum absolute atomic E-state index is 11.5. The largest absolute Gasteiger partial charge is 0.398 e. The summed E-state index contributed by atoms with van der Waals surface area (Å²) in [6.45, 7) is 0. The Morgan fingerprint density at radius 1 is 1.31 bits per heavy atom. The first-order valence-electron chi connectivity index (χ1n) is 4.66. The summed E-state index contributed by atoms with van der Waals surface area (Å²) in [6.07, 6.45) is 2.70. The van der Waals surface area contributed by atoms with Gasteiger partial charge in [0, 0.05) is 18.0 Å². The fourth-order valence-corrected chi connectivity index (χ4v) is 1.97. The molecule has 1 aromatic rings. The van der Waals surface area contributed by atoms with Crippen molar-refractivity contribution in [1.29, 1.82) is 0 Å². The molecule has 2 rings (SSSR count). The number of rotatable bonds is 1. The molecule has 2 heteroatoms. The molecule has 0 amide bonds. The van der Waals surface area contributed by atoms with Crippen LogP contribution in [0.3, 0.4) is 0 Å². The molecule has 13 heavy (non-hydrogen) atoms. The molecule has 0 saturated heterocycles. The predicted octanol–water partition coefficient (Wildman–Crippen LogP) is 2.11. The zero-order valence-corrected chi connectivity index (χ0v) is 7.49. The van der Waals surface area contributed by atoms with Crippen LogP contribution in [0.15, 0.2) is 24.3 Å². The van der Waals surface area contributed by atoms with Crippen molar-refractivity contribution in [2.45, 2.75) is 25.2 Å². The molecule has 2 nitrogen and oxygen atoms in total. The van der Waals surface area contributed by atoms with Crippen LogP contribution in [0.2, 0.25) is 0 Å². The van der Waals surface area contributed by atoms with Gasteiger partial charge in [-0.05, 0) is 24.5 Å². The normalized spacial score (nSPS) is 22.2. The van der Waals surface area contributed by atoms with Gasteiger partial charge in [0.05, 0.1) is 0 Å². The van der Waals surface area contributed by atoms with E-state index in [0.717, 1.165) is 30.5 Å². The van der Waals surface area contributed by atoms with Crippen molar-refractivity contribution in [3.05, 3.63) is 29.8 Å². The fraction of sp³-hybridized carbons (Fsp3) is 0.364. The summed E-state index contributed by atoms with van der Waals surface area (Å²) in [5, 5.41) is 0. The van der Waals surface area contributed by atoms with Crippen LogP contribution in [0.4, 0.5) is 5.69 Å². The minimum absolute atomic E-state index is 0.0706. The maximum Gasteiger partial charge on any atom is 0.140 e. The van der Waals surface area contributed by atoms with Crippen LogP contribution in [-0.2, 0) is 4.79 Å². The van der Waals surface area contributed by atoms with Crippen LogP contribution in [0.5, 0.6) is 0 Å². The molecule has 0 heterocycles. The zero-order chi connectivity index (χ0) is 9.26. The lowest BCUT2D eigenvalue weighted by Crippen LogP contribution is -2.06. The average Bonchev–Trinajstić information content (AvgIpc) is 2.52. The van der Waals surface area contributed by atoms with E-state index in [-0.39, 0.29) is 5.92 Å². The molecule has 2 N–H and O–H groups in total. The number of carbonyl (C=O) groups is 1. The summed E-state index contributed by atoms with van der Waals surface area (Å²) < 4.78 is 0. The molecule has 1 atom stereocenters. The first kappa shape index (κ1) is 8.30. The summed E-state index contributed by atoms with van der Waals surface area (Å²) in [7, 11) is 0. The molecule has 68 valence electrons. The number of Topliss-reactive ketones (excluding diaryl/α,β-unsaturated/α-hetero) is 1. The van der Waals surface area contributed by atoms with Gasteiger partial charge in [0.25, 0.3) is 0 Å². The van der Waals surface area contributed by atoms with Crippen LogP contribution in [0.1, 0.15) is 30.7 Å². The van der Waals surface area contributed by atoms with Gasteiger partial charge in [-0.3, -0.25) is 4.79 Å². The van der Waals surface area contributed by atoms with Crippen molar-refractivity contribution in [2.24, 2.45) is 0 Å². The number of nitrogens with two attached hydrogens (primary N) is 1. The molecule has 0 radical (unpaired) electrons. The van der Waals surface area contributed by atoms with Crippen molar-refractivity contribution in [3.63, 3.8) is 0 Å². The highest BCUT2D eigenvalue weighted by atomic mass is 16.1. The summed E-state index contributed by atoms with van der Waals surface area (Å²) in [4.78, 5) is 11.5. The van der Waals surface area contributed by atoms with E-state index in [1.54, 1.807) is 0 Å². The van der Waals surface area contributed by atoms with Crippen molar-refractivity contribution < 1.29 is 4.79 Å². The highest BCUT2D eigenvalue weighted by Gasteiger charge is 2.26. The van der Waals surface area contributed by atoms with Crippen molar-refractivity contribution in [1.82, 2.24) is 0 Å². The Balaban J connectivity index is 2.34. The van der Waals surface area contributed by atoms with E-state index in [1.807, 2.05) is 24.3 Å². The van der Waals surface area contributed by atoms with Crippen LogP contribution < -0.4 is 5.73 Å². The second-order valence-corrected chi connectivity index (χ2v) is 3.54. The number of anilines is 1. The third-order valence-corrected chi connectivity index (χ3v) is 2.68. The second-order valence-electron chi connectivity index (χ2n) is 3.54. The van der Waals surface area contributed by atoms with Gasteiger partial charge < -0.3 is 5.73 Å². The molecule has 1 aromatic carbocycles. The first-order valence-corrected chi connectivity index (χ1v) is 4.66. The van der Waals surface area contributed by atoms with E-state index in [1.165, 1.54) is 0 Å². The number of para-hydroxylation sites is 1. The molecule has 0 bridgehead atoms. The molecule has 0 spiro atoms. The van der Waals surface area contributed by atoms with E-state index >= 15 is 0 Å².